The molecule has 3 nitrogen and oxygen atoms in total. The Balaban J connectivity index is 2.41. The highest BCUT2D eigenvalue weighted by atomic mass is 15.2. The van der Waals surface area contributed by atoms with E-state index in [0.717, 1.165) is 19.5 Å². The van der Waals surface area contributed by atoms with Gasteiger partial charge >= 0.3 is 0 Å². The fourth-order valence-electron chi connectivity index (χ4n) is 2.17. The van der Waals surface area contributed by atoms with E-state index >= 15 is 0 Å². The van der Waals surface area contributed by atoms with Crippen LogP contribution in [0.5, 0.6) is 0 Å². The third-order valence-corrected chi connectivity index (χ3v) is 2.92. The topological polar surface area (TPSA) is 53.0 Å². The van der Waals surface area contributed by atoms with Crippen LogP contribution in [-0.2, 0) is 0 Å². The van der Waals surface area contributed by atoms with Crippen molar-refractivity contribution in [3.8, 4) is 6.07 Å². The molecule has 1 aliphatic carbocycles. The van der Waals surface area contributed by atoms with Gasteiger partial charge in [0.2, 0.25) is 0 Å². The Morgan fingerprint density at radius 3 is 2.77 bits per heavy atom. The maximum absolute atomic E-state index is 8.51. The molecule has 2 atom stereocenters. The summed E-state index contributed by atoms with van der Waals surface area (Å²) in [6.07, 6.45) is 4.22. The monoisotopic (exact) mass is 181 g/mol. The molecule has 0 aromatic rings. The van der Waals surface area contributed by atoms with Gasteiger partial charge < -0.3 is 5.73 Å². The lowest BCUT2D eigenvalue weighted by atomic mass is 10.1. The van der Waals surface area contributed by atoms with Crippen LogP contribution < -0.4 is 5.73 Å². The Morgan fingerprint density at radius 2 is 2.31 bits per heavy atom. The fraction of sp³-hybridized carbons (Fsp3) is 0.900. The second kappa shape index (κ2) is 5.21. The average Bonchev–Trinajstić information content (AvgIpc) is 2.54. The SMILES string of the molecule is CCN(CCC#N)C1CCCC1N. The molecule has 3 heteroatoms. The second-order valence-electron chi connectivity index (χ2n) is 3.70. The van der Waals surface area contributed by atoms with Crippen molar-refractivity contribution < 1.29 is 0 Å². The minimum Gasteiger partial charge on any atom is -0.326 e. The van der Waals surface area contributed by atoms with E-state index in [2.05, 4.69) is 17.9 Å². The molecular weight excluding hydrogens is 162 g/mol. The van der Waals surface area contributed by atoms with E-state index in [1.54, 1.807) is 0 Å². The Bertz CT molecular complexity index is 185. The van der Waals surface area contributed by atoms with E-state index < -0.39 is 0 Å². The lowest BCUT2D eigenvalue weighted by Crippen LogP contribution is -2.44. The fourth-order valence-corrected chi connectivity index (χ4v) is 2.17. The molecule has 0 spiro atoms. The first-order valence-corrected chi connectivity index (χ1v) is 5.16. The Kier molecular flexibility index (Phi) is 4.20. The molecule has 0 radical (unpaired) electrons. The van der Waals surface area contributed by atoms with E-state index in [9.17, 15) is 0 Å². The zero-order valence-electron chi connectivity index (χ0n) is 8.37. The predicted octanol–water partition coefficient (Wildman–Crippen LogP) is 1.10. The van der Waals surface area contributed by atoms with Crippen molar-refractivity contribution in [2.75, 3.05) is 13.1 Å². The molecule has 13 heavy (non-hydrogen) atoms. The number of hydrogen-bond acceptors (Lipinski definition) is 3. The van der Waals surface area contributed by atoms with Gasteiger partial charge in [-0.15, -0.1) is 0 Å². The predicted molar refractivity (Wildman–Crippen MR) is 53.1 cm³/mol. The smallest absolute Gasteiger partial charge is 0.0635 e. The van der Waals surface area contributed by atoms with Crippen molar-refractivity contribution in [1.82, 2.24) is 4.90 Å². The summed E-state index contributed by atoms with van der Waals surface area (Å²) in [4.78, 5) is 2.35. The zero-order chi connectivity index (χ0) is 9.68. The number of nitrogens with two attached hydrogens (primary N) is 1. The molecule has 2 unspecified atom stereocenters. The highest BCUT2D eigenvalue weighted by Crippen LogP contribution is 2.22. The molecule has 1 saturated carbocycles. The van der Waals surface area contributed by atoms with Gasteiger partial charge in [-0.3, -0.25) is 4.90 Å². The van der Waals surface area contributed by atoms with Crippen molar-refractivity contribution in [3.63, 3.8) is 0 Å². The molecule has 0 aliphatic heterocycles. The van der Waals surface area contributed by atoms with E-state index in [-0.39, 0.29) is 0 Å². The standard InChI is InChI=1S/C10H19N3/c1-2-13(8-4-7-11)10-6-3-5-9(10)12/h9-10H,2-6,8,12H2,1H3. The largest absolute Gasteiger partial charge is 0.326 e. The van der Waals surface area contributed by atoms with Crippen molar-refractivity contribution in [2.24, 2.45) is 5.73 Å². The summed E-state index contributed by atoms with van der Waals surface area (Å²) >= 11 is 0. The molecule has 0 aromatic heterocycles. The summed E-state index contributed by atoms with van der Waals surface area (Å²) in [5, 5.41) is 8.51. The first-order valence-electron chi connectivity index (χ1n) is 5.16. The highest BCUT2D eigenvalue weighted by Gasteiger charge is 2.28. The van der Waals surface area contributed by atoms with Crippen LogP contribution in [0.2, 0.25) is 0 Å². The van der Waals surface area contributed by atoms with Crippen molar-refractivity contribution in [2.45, 2.75) is 44.7 Å². The quantitative estimate of drug-likeness (QED) is 0.706. The lowest BCUT2D eigenvalue weighted by molar-refractivity contribution is 0.199. The maximum Gasteiger partial charge on any atom is 0.0635 e. The molecule has 1 fully saturated rings. The van der Waals surface area contributed by atoms with E-state index in [1.165, 1.54) is 12.8 Å². The third-order valence-electron chi connectivity index (χ3n) is 2.92. The minimum absolute atomic E-state index is 0.332. The molecular formula is C10H19N3. The summed E-state index contributed by atoms with van der Waals surface area (Å²) in [7, 11) is 0. The van der Waals surface area contributed by atoms with E-state index in [0.29, 0.717) is 18.5 Å². The average molecular weight is 181 g/mol. The van der Waals surface area contributed by atoms with Crippen LogP contribution in [0.25, 0.3) is 0 Å². The van der Waals surface area contributed by atoms with Crippen LogP contribution in [-0.4, -0.2) is 30.1 Å². The Hall–Kier alpha value is -0.590. The first-order chi connectivity index (χ1) is 6.29. The summed E-state index contributed by atoms with van der Waals surface area (Å²) in [6.45, 7) is 4.04. The Morgan fingerprint density at radius 1 is 1.54 bits per heavy atom. The van der Waals surface area contributed by atoms with E-state index in [1.807, 2.05) is 0 Å². The van der Waals surface area contributed by atoms with Gasteiger partial charge in [-0.05, 0) is 19.4 Å². The van der Waals surface area contributed by atoms with Gasteiger partial charge in [0, 0.05) is 25.0 Å². The molecule has 2 N–H and O–H groups in total. The van der Waals surface area contributed by atoms with Gasteiger partial charge in [0.25, 0.3) is 0 Å². The number of likely N-dealkylation sites (N-methyl/N-ethyl adjacent to an activating group) is 1. The Labute approximate surface area is 80.5 Å². The van der Waals surface area contributed by atoms with Crippen LogP contribution >= 0.6 is 0 Å². The van der Waals surface area contributed by atoms with E-state index in [4.69, 9.17) is 11.0 Å². The number of hydrogen-bond donors (Lipinski definition) is 1. The van der Waals surface area contributed by atoms with Gasteiger partial charge in [0.15, 0.2) is 0 Å². The summed E-state index contributed by atoms with van der Waals surface area (Å²) in [5.74, 6) is 0. The van der Waals surface area contributed by atoms with Crippen LogP contribution in [0.15, 0.2) is 0 Å². The van der Waals surface area contributed by atoms with Crippen molar-refractivity contribution >= 4 is 0 Å². The summed E-state index contributed by atoms with van der Waals surface area (Å²) < 4.78 is 0. The van der Waals surface area contributed by atoms with Gasteiger partial charge in [0.1, 0.15) is 0 Å². The molecule has 74 valence electrons. The molecule has 0 heterocycles. The summed E-state index contributed by atoms with van der Waals surface area (Å²) in [5.41, 5.74) is 6.00. The van der Waals surface area contributed by atoms with Crippen LogP contribution in [0.4, 0.5) is 0 Å². The van der Waals surface area contributed by atoms with Gasteiger partial charge in [0.05, 0.1) is 6.07 Å². The second-order valence-corrected chi connectivity index (χ2v) is 3.70. The summed E-state index contributed by atoms with van der Waals surface area (Å²) in [6, 6.07) is 3.05. The van der Waals surface area contributed by atoms with Crippen LogP contribution in [0, 0.1) is 11.3 Å². The van der Waals surface area contributed by atoms with Crippen LogP contribution in [0.1, 0.15) is 32.6 Å². The van der Waals surface area contributed by atoms with Crippen molar-refractivity contribution in [3.05, 3.63) is 0 Å². The van der Waals surface area contributed by atoms with Crippen LogP contribution in [0.3, 0.4) is 0 Å². The zero-order valence-corrected chi connectivity index (χ0v) is 8.37. The molecule has 0 aromatic carbocycles. The number of nitriles is 1. The highest BCUT2D eigenvalue weighted by molar-refractivity contribution is 4.88. The minimum atomic E-state index is 0.332. The molecule has 0 saturated heterocycles. The lowest BCUT2D eigenvalue weighted by Gasteiger charge is -2.29. The maximum atomic E-state index is 8.51. The van der Waals surface area contributed by atoms with Gasteiger partial charge in [-0.2, -0.15) is 5.26 Å². The third kappa shape index (κ3) is 2.68. The first kappa shape index (κ1) is 10.5. The van der Waals surface area contributed by atoms with Gasteiger partial charge in [-0.1, -0.05) is 13.3 Å². The molecule has 1 aliphatic rings. The number of rotatable bonds is 4. The number of nitrogens with zero attached hydrogens (tertiary/aromatic N) is 2. The molecule has 0 amide bonds. The molecule has 1 rings (SSSR count). The normalized spacial score (nSPS) is 27.8. The van der Waals surface area contributed by atoms with Crippen molar-refractivity contribution in [1.29, 1.82) is 5.26 Å². The molecule has 0 bridgehead atoms. The van der Waals surface area contributed by atoms with Gasteiger partial charge in [-0.25, -0.2) is 0 Å².